The van der Waals surface area contributed by atoms with Crippen molar-refractivity contribution in [3.63, 3.8) is 0 Å². The minimum Gasteiger partial charge on any atom is -0.481 e. The fourth-order valence-electron chi connectivity index (χ4n) is 4.13. The number of hydrogen-bond donors (Lipinski definition) is 1. The van der Waals surface area contributed by atoms with E-state index in [-0.39, 0.29) is 17.9 Å². The molecule has 6 heteroatoms. The topological polar surface area (TPSA) is 71.2 Å². The van der Waals surface area contributed by atoms with E-state index in [2.05, 4.69) is 0 Å². The van der Waals surface area contributed by atoms with Gasteiger partial charge in [-0.2, -0.15) is 0 Å². The third-order valence-corrected chi connectivity index (χ3v) is 5.50. The van der Waals surface area contributed by atoms with Gasteiger partial charge in [-0.1, -0.05) is 6.07 Å². The zero-order valence-electron chi connectivity index (χ0n) is 14.0. The van der Waals surface area contributed by atoms with Crippen LogP contribution in [-0.4, -0.2) is 52.1 Å². The third kappa shape index (κ3) is 3.02. The van der Waals surface area contributed by atoms with E-state index in [4.69, 9.17) is 4.74 Å². The van der Waals surface area contributed by atoms with Crippen molar-refractivity contribution in [2.24, 2.45) is 11.8 Å². The molecule has 6 nitrogen and oxygen atoms in total. The fourth-order valence-corrected chi connectivity index (χ4v) is 4.13. The van der Waals surface area contributed by atoms with Crippen LogP contribution in [0.1, 0.15) is 29.6 Å². The van der Waals surface area contributed by atoms with Gasteiger partial charge < -0.3 is 19.1 Å². The minimum absolute atomic E-state index is 0.0456. The van der Waals surface area contributed by atoms with Crippen LogP contribution in [0.2, 0.25) is 0 Å². The minimum atomic E-state index is -0.762. The van der Waals surface area contributed by atoms with Crippen molar-refractivity contribution in [1.82, 2.24) is 9.30 Å². The van der Waals surface area contributed by atoms with Gasteiger partial charge in [0.05, 0.1) is 17.6 Å². The van der Waals surface area contributed by atoms with Crippen molar-refractivity contribution >= 4 is 17.4 Å². The summed E-state index contributed by atoms with van der Waals surface area (Å²) in [7, 11) is 0. The summed E-state index contributed by atoms with van der Waals surface area (Å²) >= 11 is 0. The van der Waals surface area contributed by atoms with Crippen LogP contribution in [-0.2, 0) is 9.53 Å². The van der Waals surface area contributed by atoms with Gasteiger partial charge in [0, 0.05) is 37.6 Å². The number of rotatable bonds is 3. The molecule has 0 aliphatic carbocycles. The van der Waals surface area contributed by atoms with Crippen molar-refractivity contribution in [3.05, 3.63) is 42.2 Å². The number of piperidine rings is 1. The van der Waals surface area contributed by atoms with E-state index in [1.54, 1.807) is 0 Å². The second-order valence-electron chi connectivity index (χ2n) is 6.96. The quantitative estimate of drug-likeness (QED) is 0.929. The molecular weight excluding hydrogens is 320 g/mol. The van der Waals surface area contributed by atoms with Gasteiger partial charge in [-0.3, -0.25) is 9.59 Å². The lowest BCUT2D eigenvalue weighted by atomic mass is 9.84. The van der Waals surface area contributed by atoms with Crippen molar-refractivity contribution < 1.29 is 19.4 Å². The monoisotopic (exact) mass is 342 g/mol. The number of carbonyl (C=O) groups is 2. The largest absolute Gasteiger partial charge is 0.481 e. The Morgan fingerprint density at radius 1 is 1.16 bits per heavy atom. The molecule has 2 fully saturated rings. The van der Waals surface area contributed by atoms with Gasteiger partial charge >= 0.3 is 5.97 Å². The molecule has 4 rings (SSSR count). The average molecular weight is 342 g/mol. The SMILES string of the molecule is O=C(O)C1CCO[C@H]1C1CCN(C(=O)c2cc3ccccn3c2)CC1. The van der Waals surface area contributed by atoms with Gasteiger partial charge in [0.25, 0.3) is 5.91 Å². The number of fused-ring (bicyclic) bond motifs is 1. The van der Waals surface area contributed by atoms with E-state index >= 15 is 0 Å². The van der Waals surface area contributed by atoms with Crippen molar-refractivity contribution in [1.29, 1.82) is 0 Å². The Morgan fingerprint density at radius 2 is 1.96 bits per heavy atom. The summed E-state index contributed by atoms with van der Waals surface area (Å²) in [5.41, 5.74) is 1.70. The standard InChI is InChI=1S/C19H22N2O4/c22-18(14-11-15-3-1-2-7-21(15)12-14)20-8-4-13(5-9-20)17-16(19(23)24)6-10-25-17/h1-3,7,11-13,16-17H,4-6,8-10H2,(H,23,24)/t16?,17-/m0/s1. The van der Waals surface area contributed by atoms with E-state index in [1.807, 2.05) is 46.0 Å². The highest BCUT2D eigenvalue weighted by molar-refractivity contribution is 5.95. The highest BCUT2D eigenvalue weighted by Gasteiger charge is 2.40. The lowest BCUT2D eigenvalue weighted by Crippen LogP contribution is -2.43. The first-order chi connectivity index (χ1) is 12.1. The van der Waals surface area contributed by atoms with Crippen molar-refractivity contribution in [2.45, 2.75) is 25.4 Å². The van der Waals surface area contributed by atoms with E-state index < -0.39 is 11.9 Å². The molecule has 0 aromatic carbocycles. The Hall–Kier alpha value is -2.34. The molecule has 132 valence electrons. The first-order valence-corrected chi connectivity index (χ1v) is 8.84. The Morgan fingerprint density at radius 3 is 2.68 bits per heavy atom. The van der Waals surface area contributed by atoms with Gasteiger partial charge in [-0.25, -0.2) is 0 Å². The lowest BCUT2D eigenvalue weighted by molar-refractivity contribution is -0.145. The molecule has 2 aliphatic heterocycles. The van der Waals surface area contributed by atoms with Gasteiger partial charge in [0.2, 0.25) is 0 Å². The second kappa shape index (κ2) is 6.52. The molecule has 0 saturated carbocycles. The summed E-state index contributed by atoms with van der Waals surface area (Å²) in [4.78, 5) is 26.0. The molecule has 1 unspecified atom stereocenters. The summed E-state index contributed by atoms with van der Waals surface area (Å²) in [6, 6.07) is 7.78. The Balaban J connectivity index is 1.41. The fraction of sp³-hybridized carbons (Fsp3) is 0.474. The molecule has 1 N–H and O–H groups in total. The number of amides is 1. The third-order valence-electron chi connectivity index (χ3n) is 5.50. The van der Waals surface area contributed by atoms with Gasteiger partial charge in [0.1, 0.15) is 0 Å². The molecule has 0 radical (unpaired) electrons. The molecule has 0 bridgehead atoms. The number of ether oxygens (including phenoxy) is 1. The maximum Gasteiger partial charge on any atom is 0.309 e. The first kappa shape index (κ1) is 16.1. The predicted octanol–water partition coefficient (Wildman–Crippen LogP) is 2.28. The maximum atomic E-state index is 12.8. The van der Waals surface area contributed by atoms with E-state index in [1.165, 1.54) is 0 Å². The van der Waals surface area contributed by atoms with E-state index in [9.17, 15) is 14.7 Å². The smallest absolute Gasteiger partial charge is 0.309 e. The number of likely N-dealkylation sites (tertiary alicyclic amines) is 1. The summed E-state index contributed by atoms with van der Waals surface area (Å²) in [6.45, 7) is 1.84. The molecule has 2 aromatic rings. The van der Waals surface area contributed by atoms with Crippen LogP contribution >= 0.6 is 0 Å². The number of pyridine rings is 1. The van der Waals surface area contributed by atoms with Crippen LogP contribution in [0, 0.1) is 11.8 Å². The molecule has 2 aromatic heterocycles. The summed E-state index contributed by atoms with van der Waals surface area (Å²) in [5.74, 6) is -0.893. The van der Waals surface area contributed by atoms with Crippen LogP contribution in [0.15, 0.2) is 36.7 Å². The number of nitrogens with zero attached hydrogens (tertiary/aromatic N) is 2. The molecule has 1 amide bonds. The van der Waals surface area contributed by atoms with Crippen LogP contribution < -0.4 is 0 Å². The molecule has 2 saturated heterocycles. The first-order valence-electron chi connectivity index (χ1n) is 8.84. The van der Waals surface area contributed by atoms with Gasteiger partial charge in [0.15, 0.2) is 0 Å². The lowest BCUT2D eigenvalue weighted by Gasteiger charge is -2.35. The number of hydrogen-bond acceptors (Lipinski definition) is 3. The van der Waals surface area contributed by atoms with Crippen molar-refractivity contribution in [3.8, 4) is 0 Å². The number of carboxylic acid groups (broad SMARTS) is 1. The van der Waals surface area contributed by atoms with Crippen LogP contribution in [0.25, 0.3) is 5.52 Å². The highest BCUT2D eigenvalue weighted by atomic mass is 16.5. The normalized spacial score (nSPS) is 24.7. The maximum absolute atomic E-state index is 12.8. The highest BCUT2D eigenvalue weighted by Crippen LogP contribution is 2.33. The summed E-state index contributed by atoms with van der Waals surface area (Å²) < 4.78 is 7.65. The summed E-state index contributed by atoms with van der Waals surface area (Å²) in [5, 5.41) is 9.33. The predicted molar refractivity (Wildman–Crippen MR) is 91.5 cm³/mol. The molecule has 0 spiro atoms. The van der Waals surface area contributed by atoms with Crippen molar-refractivity contribution in [2.75, 3.05) is 19.7 Å². The van der Waals surface area contributed by atoms with Crippen LogP contribution in [0.4, 0.5) is 0 Å². The summed E-state index contributed by atoms with van der Waals surface area (Å²) in [6.07, 6.45) is 5.79. The van der Waals surface area contributed by atoms with Crippen LogP contribution in [0.5, 0.6) is 0 Å². The van der Waals surface area contributed by atoms with E-state index in [0.717, 1.165) is 18.4 Å². The molecule has 2 aliphatic rings. The van der Waals surface area contributed by atoms with Gasteiger partial charge in [-0.05, 0) is 43.4 Å². The van der Waals surface area contributed by atoms with Crippen LogP contribution in [0.3, 0.4) is 0 Å². The number of carboxylic acids is 1. The number of aliphatic carboxylic acids is 1. The Labute approximate surface area is 146 Å². The second-order valence-corrected chi connectivity index (χ2v) is 6.96. The van der Waals surface area contributed by atoms with E-state index in [0.29, 0.717) is 31.7 Å². The molecule has 25 heavy (non-hydrogen) atoms. The zero-order valence-corrected chi connectivity index (χ0v) is 14.0. The zero-order chi connectivity index (χ0) is 17.4. The molecule has 4 heterocycles. The number of carbonyl (C=O) groups excluding carboxylic acids is 1. The number of aromatic nitrogens is 1. The molecular formula is C19H22N2O4. The molecule has 2 atom stereocenters. The van der Waals surface area contributed by atoms with Gasteiger partial charge in [-0.15, -0.1) is 0 Å². The Kier molecular flexibility index (Phi) is 4.21. The average Bonchev–Trinajstić information content (AvgIpc) is 3.28. The Bertz CT molecular complexity index is 759.